The van der Waals surface area contributed by atoms with Crippen LogP contribution in [0.15, 0.2) is 18.2 Å². The molecule has 0 unspecified atom stereocenters. The summed E-state index contributed by atoms with van der Waals surface area (Å²) in [6, 6.07) is 2.96. The van der Waals surface area contributed by atoms with Gasteiger partial charge in [-0.2, -0.15) is 13.2 Å². The molecule has 0 bridgehead atoms. The van der Waals surface area contributed by atoms with Crippen molar-refractivity contribution in [3.63, 3.8) is 0 Å². The summed E-state index contributed by atoms with van der Waals surface area (Å²) in [4.78, 5) is 11.2. The number of halogens is 3. The summed E-state index contributed by atoms with van der Waals surface area (Å²) in [5, 5.41) is 0. The number of ketones is 1. The van der Waals surface area contributed by atoms with Gasteiger partial charge in [0.05, 0.1) is 12.2 Å². The van der Waals surface area contributed by atoms with E-state index in [4.69, 9.17) is 9.47 Å². The number of ether oxygens (including phenoxy) is 2. The van der Waals surface area contributed by atoms with Gasteiger partial charge in [-0.25, -0.2) is 0 Å². The third-order valence-electron chi connectivity index (χ3n) is 2.20. The molecule has 0 aromatic heterocycles. The highest BCUT2D eigenvalue weighted by Crippen LogP contribution is 2.32. The topological polar surface area (TPSA) is 35.5 Å². The zero-order valence-corrected chi connectivity index (χ0v) is 10.0. The van der Waals surface area contributed by atoms with Crippen LogP contribution in [0, 0.1) is 0 Å². The van der Waals surface area contributed by atoms with Crippen LogP contribution in [0.3, 0.4) is 0 Å². The molecule has 0 heterocycles. The van der Waals surface area contributed by atoms with Gasteiger partial charge in [-0.3, -0.25) is 4.79 Å². The maximum absolute atomic E-state index is 12.6. The van der Waals surface area contributed by atoms with Crippen LogP contribution in [0.1, 0.15) is 22.8 Å². The SMILES string of the molecule is COCCOc1cc(C(C)=O)cc(C(F)(F)F)c1. The second-order valence-corrected chi connectivity index (χ2v) is 3.64. The van der Waals surface area contributed by atoms with E-state index in [0.717, 1.165) is 12.1 Å². The van der Waals surface area contributed by atoms with Crippen LogP contribution in [0.25, 0.3) is 0 Å². The van der Waals surface area contributed by atoms with E-state index in [1.165, 1.54) is 20.1 Å². The van der Waals surface area contributed by atoms with Crippen LogP contribution >= 0.6 is 0 Å². The Morgan fingerprint density at radius 2 is 1.89 bits per heavy atom. The van der Waals surface area contributed by atoms with Crippen molar-refractivity contribution in [2.24, 2.45) is 0 Å². The minimum atomic E-state index is -4.51. The van der Waals surface area contributed by atoms with Gasteiger partial charge in [0.25, 0.3) is 0 Å². The van der Waals surface area contributed by atoms with E-state index in [0.29, 0.717) is 0 Å². The lowest BCUT2D eigenvalue weighted by Crippen LogP contribution is -2.09. The fraction of sp³-hybridized carbons (Fsp3) is 0.417. The van der Waals surface area contributed by atoms with Crippen LogP contribution in [-0.4, -0.2) is 26.1 Å². The van der Waals surface area contributed by atoms with Gasteiger partial charge < -0.3 is 9.47 Å². The zero-order valence-electron chi connectivity index (χ0n) is 10.0. The van der Waals surface area contributed by atoms with E-state index in [1.807, 2.05) is 0 Å². The molecule has 18 heavy (non-hydrogen) atoms. The van der Waals surface area contributed by atoms with Crippen LogP contribution in [0.4, 0.5) is 13.2 Å². The molecule has 0 saturated carbocycles. The number of Topliss-reactive ketones (excluding diaryl/α,β-unsaturated/α-hetero) is 1. The molecule has 0 N–H and O–H groups in total. The van der Waals surface area contributed by atoms with E-state index in [-0.39, 0.29) is 24.5 Å². The molecule has 6 heteroatoms. The van der Waals surface area contributed by atoms with E-state index in [1.54, 1.807) is 0 Å². The fourth-order valence-electron chi connectivity index (χ4n) is 1.29. The Hall–Kier alpha value is -1.56. The van der Waals surface area contributed by atoms with Crippen LogP contribution in [0.5, 0.6) is 5.75 Å². The summed E-state index contributed by atoms with van der Waals surface area (Å²) in [5.74, 6) is -0.440. The summed E-state index contributed by atoms with van der Waals surface area (Å²) >= 11 is 0. The molecular weight excluding hydrogens is 249 g/mol. The van der Waals surface area contributed by atoms with E-state index in [2.05, 4.69) is 0 Å². The molecule has 0 atom stereocenters. The van der Waals surface area contributed by atoms with Gasteiger partial charge in [0.15, 0.2) is 5.78 Å². The first-order valence-electron chi connectivity index (χ1n) is 5.19. The van der Waals surface area contributed by atoms with Crippen molar-refractivity contribution in [1.82, 2.24) is 0 Å². The summed E-state index contributed by atoms with van der Waals surface area (Å²) < 4.78 is 47.6. The molecule has 100 valence electrons. The van der Waals surface area contributed by atoms with Gasteiger partial charge in [-0.05, 0) is 25.1 Å². The van der Waals surface area contributed by atoms with Crippen molar-refractivity contribution < 1.29 is 27.4 Å². The molecule has 0 fully saturated rings. The number of methoxy groups -OCH3 is 1. The molecule has 1 rings (SSSR count). The van der Waals surface area contributed by atoms with Crippen LogP contribution in [-0.2, 0) is 10.9 Å². The van der Waals surface area contributed by atoms with E-state index >= 15 is 0 Å². The van der Waals surface area contributed by atoms with Crippen LogP contribution < -0.4 is 4.74 Å². The monoisotopic (exact) mass is 262 g/mol. The molecule has 0 spiro atoms. The Morgan fingerprint density at radius 1 is 1.22 bits per heavy atom. The Balaban J connectivity index is 3.03. The molecule has 0 aliphatic rings. The standard InChI is InChI=1S/C12H13F3O3/c1-8(16)9-5-10(12(13,14)15)7-11(6-9)18-4-3-17-2/h5-7H,3-4H2,1-2H3. The smallest absolute Gasteiger partial charge is 0.416 e. The Bertz CT molecular complexity index is 427. The fourth-order valence-corrected chi connectivity index (χ4v) is 1.29. The molecule has 3 nitrogen and oxygen atoms in total. The van der Waals surface area contributed by atoms with Crippen molar-refractivity contribution in [2.45, 2.75) is 13.1 Å². The number of carbonyl (C=O) groups is 1. The molecular formula is C12H13F3O3. The Labute approximate surface area is 103 Å². The molecule has 0 saturated heterocycles. The average molecular weight is 262 g/mol. The lowest BCUT2D eigenvalue weighted by Gasteiger charge is -2.12. The lowest BCUT2D eigenvalue weighted by molar-refractivity contribution is -0.137. The van der Waals surface area contributed by atoms with Gasteiger partial charge in [0.1, 0.15) is 12.4 Å². The van der Waals surface area contributed by atoms with E-state index < -0.39 is 17.5 Å². The second kappa shape index (κ2) is 5.86. The minimum Gasteiger partial charge on any atom is -0.491 e. The van der Waals surface area contributed by atoms with Gasteiger partial charge in [0, 0.05) is 12.7 Å². The first-order valence-corrected chi connectivity index (χ1v) is 5.19. The van der Waals surface area contributed by atoms with Crippen molar-refractivity contribution >= 4 is 5.78 Å². The maximum Gasteiger partial charge on any atom is 0.416 e. The number of hydrogen-bond donors (Lipinski definition) is 0. The molecule has 1 aromatic carbocycles. The van der Waals surface area contributed by atoms with Crippen LogP contribution in [0.2, 0.25) is 0 Å². The molecule has 0 amide bonds. The second-order valence-electron chi connectivity index (χ2n) is 3.64. The van der Waals surface area contributed by atoms with Crippen molar-refractivity contribution in [1.29, 1.82) is 0 Å². The quantitative estimate of drug-likeness (QED) is 0.604. The summed E-state index contributed by atoms with van der Waals surface area (Å²) in [6.07, 6.45) is -4.51. The molecule has 0 aliphatic carbocycles. The van der Waals surface area contributed by atoms with Crippen molar-refractivity contribution in [3.8, 4) is 5.75 Å². The van der Waals surface area contributed by atoms with Gasteiger partial charge >= 0.3 is 6.18 Å². The largest absolute Gasteiger partial charge is 0.491 e. The third kappa shape index (κ3) is 4.03. The average Bonchev–Trinajstić information content (AvgIpc) is 2.28. The maximum atomic E-state index is 12.6. The first-order chi connectivity index (χ1) is 8.34. The van der Waals surface area contributed by atoms with Gasteiger partial charge in [-0.15, -0.1) is 0 Å². The first kappa shape index (κ1) is 14.5. The number of rotatable bonds is 5. The minimum absolute atomic E-state index is 0.00655. The predicted molar refractivity (Wildman–Crippen MR) is 58.8 cm³/mol. The highest BCUT2D eigenvalue weighted by molar-refractivity contribution is 5.94. The number of alkyl halides is 3. The number of benzene rings is 1. The molecule has 0 aliphatic heterocycles. The third-order valence-corrected chi connectivity index (χ3v) is 2.20. The highest BCUT2D eigenvalue weighted by Gasteiger charge is 2.31. The molecule has 0 radical (unpaired) electrons. The van der Waals surface area contributed by atoms with E-state index in [9.17, 15) is 18.0 Å². The summed E-state index contributed by atoms with van der Waals surface area (Å²) in [6.45, 7) is 1.58. The zero-order chi connectivity index (χ0) is 13.8. The molecule has 1 aromatic rings. The lowest BCUT2D eigenvalue weighted by atomic mass is 10.1. The summed E-state index contributed by atoms with van der Waals surface area (Å²) in [7, 11) is 1.45. The van der Waals surface area contributed by atoms with Crippen molar-refractivity contribution in [3.05, 3.63) is 29.3 Å². The number of carbonyl (C=O) groups excluding carboxylic acids is 1. The Morgan fingerprint density at radius 3 is 2.39 bits per heavy atom. The Kier molecular flexibility index (Phi) is 4.72. The van der Waals surface area contributed by atoms with Gasteiger partial charge in [-0.1, -0.05) is 0 Å². The normalized spacial score (nSPS) is 11.4. The summed E-state index contributed by atoms with van der Waals surface area (Å²) in [5.41, 5.74) is -0.931. The predicted octanol–water partition coefficient (Wildman–Crippen LogP) is 2.93. The number of hydrogen-bond acceptors (Lipinski definition) is 3. The van der Waals surface area contributed by atoms with Gasteiger partial charge in [0.2, 0.25) is 0 Å². The van der Waals surface area contributed by atoms with Crippen molar-refractivity contribution in [2.75, 3.05) is 20.3 Å². The highest BCUT2D eigenvalue weighted by atomic mass is 19.4.